The van der Waals surface area contributed by atoms with Crippen LogP contribution in [-0.2, 0) is 4.74 Å². The fourth-order valence-electron chi connectivity index (χ4n) is 3.23. The number of esters is 1. The molecule has 1 atom stereocenters. The van der Waals surface area contributed by atoms with Crippen molar-refractivity contribution in [3.05, 3.63) is 39.9 Å². The molecule has 0 bridgehead atoms. The summed E-state index contributed by atoms with van der Waals surface area (Å²) in [5.41, 5.74) is 0.288. The number of nitro groups is 1. The van der Waals surface area contributed by atoms with Gasteiger partial charge in [0.25, 0.3) is 5.69 Å². The fourth-order valence-corrected chi connectivity index (χ4v) is 3.23. The number of nitro benzene ring substituents is 1. The summed E-state index contributed by atoms with van der Waals surface area (Å²) in [6, 6.07) is 5.47. The third kappa shape index (κ3) is 12.3. The highest BCUT2D eigenvalue weighted by atomic mass is 16.6. The SMILES string of the molecule is CCCCCCCCCCCCCNC[C@H](C)OC(=O)c1ccc([N+](=O)[O-])cc1. The number of carbonyl (C=O) groups is 1. The maximum atomic E-state index is 12.1. The summed E-state index contributed by atoms with van der Waals surface area (Å²) < 4.78 is 5.37. The molecule has 1 aromatic carbocycles. The predicted molar refractivity (Wildman–Crippen MR) is 117 cm³/mol. The minimum atomic E-state index is -0.490. The standard InChI is InChI=1S/C23H38N2O4/c1-3-4-5-6-7-8-9-10-11-12-13-18-24-19-20(2)29-23(26)21-14-16-22(17-15-21)25(27)28/h14-17,20,24H,3-13,18-19H2,1-2H3/t20-/m0/s1. The quantitative estimate of drug-likeness (QED) is 0.148. The molecule has 0 saturated carbocycles. The normalized spacial score (nSPS) is 11.9. The molecule has 1 aromatic rings. The molecular weight excluding hydrogens is 368 g/mol. The van der Waals surface area contributed by atoms with Crippen molar-refractivity contribution in [2.75, 3.05) is 13.1 Å². The molecule has 0 unspecified atom stereocenters. The maximum Gasteiger partial charge on any atom is 0.338 e. The highest BCUT2D eigenvalue weighted by Crippen LogP contribution is 2.13. The molecule has 164 valence electrons. The van der Waals surface area contributed by atoms with Crippen molar-refractivity contribution < 1.29 is 14.5 Å². The van der Waals surface area contributed by atoms with Crippen LogP contribution >= 0.6 is 0 Å². The van der Waals surface area contributed by atoms with Gasteiger partial charge in [0, 0.05) is 18.7 Å². The van der Waals surface area contributed by atoms with E-state index in [-0.39, 0.29) is 11.8 Å². The van der Waals surface area contributed by atoms with Crippen LogP contribution < -0.4 is 5.32 Å². The minimum absolute atomic E-state index is 0.0387. The van der Waals surface area contributed by atoms with E-state index in [9.17, 15) is 14.9 Å². The Morgan fingerprint density at radius 2 is 1.48 bits per heavy atom. The van der Waals surface area contributed by atoms with Gasteiger partial charge in [-0.1, -0.05) is 71.1 Å². The van der Waals surface area contributed by atoms with Crippen molar-refractivity contribution in [1.82, 2.24) is 5.32 Å². The molecule has 0 saturated heterocycles. The molecule has 0 aromatic heterocycles. The first-order valence-electron chi connectivity index (χ1n) is 11.2. The van der Waals surface area contributed by atoms with Gasteiger partial charge in [-0.25, -0.2) is 4.79 Å². The summed E-state index contributed by atoms with van der Waals surface area (Å²) in [6.45, 7) is 5.63. The Labute approximate surface area is 175 Å². The first-order chi connectivity index (χ1) is 14.0. The highest BCUT2D eigenvalue weighted by molar-refractivity contribution is 5.89. The van der Waals surface area contributed by atoms with Crippen LogP contribution in [0.25, 0.3) is 0 Å². The summed E-state index contributed by atoms with van der Waals surface area (Å²) in [5.74, 6) is -0.455. The molecule has 6 heteroatoms. The van der Waals surface area contributed by atoms with Gasteiger partial charge in [0.2, 0.25) is 0 Å². The van der Waals surface area contributed by atoms with Crippen LogP contribution in [0.1, 0.15) is 94.8 Å². The third-order valence-electron chi connectivity index (χ3n) is 5.01. The lowest BCUT2D eigenvalue weighted by Crippen LogP contribution is -2.29. The predicted octanol–water partition coefficient (Wildman–Crippen LogP) is 6.04. The van der Waals surface area contributed by atoms with Gasteiger partial charge >= 0.3 is 5.97 Å². The summed E-state index contributed by atoms with van der Waals surface area (Å²) in [6.07, 6.45) is 14.3. The molecule has 0 amide bonds. The zero-order chi connectivity index (χ0) is 21.3. The van der Waals surface area contributed by atoms with E-state index in [1.54, 1.807) is 0 Å². The molecule has 29 heavy (non-hydrogen) atoms. The number of benzene rings is 1. The average Bonchev–Trinajstić information content (AvgIpc) is 2.71. The Balaban J connectivity index is 1.99. The molecule has 0 radical (unpaired) electrons. The van der Waals surface area contributed by atoms with Crippen molar-refractivity contribution in [1.29, 1.82) is 0 Å². The number of carbonyl (C=O) groups excluding carboxylic acids is 1. The van der Waals surface area contributed by atoms with E-state index in [1.807, 2.05) is 6.92 Å². The van der Waals surface area contributed by atoms with E-state index in [2.05, 4.69) is 12.2 Å². The summed E-state index contributed by atoms with van der Waals surface area (Å²) in [7, 11) is 0. The second kappa shape index (κ2) is 15.9. The lowest BCUT2D eigenvalue weighted by Gasteiger charge is -2.14. The molecule has 0 aliphatic carbocycles. The minimum Gasteiger partial charge on any atom is -0.458 e. The Hall–Kier alpha value is -1.95. The zero-order valence-electron chi connectivity index (χ0n) is 18.2. The van der Waals surface area contributed by atoms with Crippen molar-refractivity contribution in [2.24, 2.45) is 0 Å². The molecule has 0 aliphatic rings. The fraction of sp³-hybridized carbons (Fsp3) is 0.696. The van der Waals surface area contributed by atoms with Crippen LogP contribution in [0.3, 0.4) is 0 Å². The topological polar surface area (TPSA) is 81.5 Å². The smallest absolute Gasteiger partial charge is 0.338 e. The van der Waals surface area contributed by atoms with Gasteiger partial charge in [-0.15, -0.1) is 0 Å². The van der Waals surface area contributed by atoms with Gasteiger partial charge in [0.15, 0.2) is 0 Å². The van der Waals surface area contributed by atoms with Crippen LogP contribution in [0.15, 0.2) is 24.3 Å². The lowest BCUT2D eigenvalue weighted by molar-refractivity contribution is -0.384. The van der Waals surface area contributed by atoms with Crippen LogP contribution in [-0.4, -0.2) is 30.1 Å². The molecule has 0 spiro atoms. The number of non-ortho nitro benzene ring substituents is 1. The lowest BCUT2D eigenvalue weighted by atomic mass is 10.1. The summed E-state index contributed by atoms with van der Waals surface area (Å²) in [4.78, 5) is 22.2. The van der Waals surface area contributed by atoms with Gasteiger partial charge in [-0.2, -0.15) is 0 Å². The Morgan fingerprint density at radius 3 is 2.00 bits per heavy atom. The highest BCUT2D eigenvalue weighted by Gasteiger charge is 2.13. The monoisotopic (exact) mass is 406 g/mol. The van der Waals surface area contributed by atoms with E-state index >= 15 is 0 Å². The van der Waals surface area contributed by atoms with E-state index in [4.69, 9.17) is 4.74 Å². The number of unbranched alkanes of at least 4 members (excludes halogenated alkanes) is 10. The van der Waals surface area contributed by atoms with Crippen LogP contribution in [0.5, 0.6) is 0 Å². The van der Waals surface area contributed by atoms with Crippen molar-refractivity contribution in [3.8, 4) is 0 Å². The first kappa shape index (κ1) is 25.1. The van der Waals surface area contributed by atoms with E-state index < -0.39 is 10.9 Å². The number of ether oxygens (including phenoxy) is 1. The van der Waals surface area contributed by atoms with E-state index in [0.29, 0.717) is 12.1 Å². The number of hydrogen-bond donors (Lipinski definition) is 1. The first-order valence-corrected chi connectivity index (χ1v) is 11.2. The van der Waals surface area contributed by atoms with Gasteiger partial charge in [0.05, 0.1) is 10.5 Å². The van der Waals surface area contributed by atoms with Crippen LogP contribution in [0, 0.1) is 10.1 Å². The molecule has 1 rings (SSSR count). The van der Waals surface area contributed by atoms with E-state index in [0.717, 1.165) is 13.0 Å². The summed E-state index contributed by atoms with van der Waals surface area (Å²) in [5, 5.41) is 14.0. The summed E-state index contributed by atoms with van der Waals surface area (Å²) >= 11 is 0. The molecular formula is C23H38N2O4. The van der Waals surface area contributed by atoms with Crippen LogP contribution in [0.4, 0.5) is 5.69 Å². The Kier molecular flexibility index (Phi) is 13.8. The number of nitrogens with one attached hydrogen (secondary N) is 1. The van der Waals surface area contributed by atoms with E-state index in [1.165, 1.54) is 88.5 Å². The van der Waals surface area contributed by atoms with Gasteiger partial charge in [-0.05, 0) is 32.0 Å². The Morgan fingerprint density at radius 1 is 0.966 bits per heavy atom. The maximum absolute atomic E-state index is 12.1. The molecule has 1 N–H and O–H groups in total. The molecule has 0 heterocycles. The largest absolute Gasteiger partial charge is 0.458 e. The molecule has 0 fully saturated rings. The van der Waals surface area contributed by atoms with Gasteiger partial charge in [-0.3, -0.25) is 10.1 Å². The third-order valence-corrected chi connectivity index (χ3v) is 5.01. The second-order valence-corrected chi connectivity index (χ2v) is 7.76. The molecule has 6 nitrogen and oxygen atoms in total. The number of nitrogens with zero attached hydrogens (tertiary/aromatic N) is 1. The Bertz CT molecular complexity index is 575. The number of hydrogen-bond acceptors (Lipinski definition) is 5. The number of rotatable bonds is 17. The molecule has 0 aliphatic heterocycles. The van der Waals surface area contributed by atoms with Crippen molar-refractivity contribution in [2.45, 2.75) is 90.6 Å². The van der Waals surface area contributed by atoms with Gasteiger partial charge < -0.3 is 10.1 Å². The van der Waals surface area contributed by atoms with Crippen molar-refractivity contribution >= 4 is 11.7 Å². The van der Waals surface area contributed by atoms with Gasteiger partial charge in [0.1, 0.15) is 6.10 Å². The van der Waals surface area contributed by atoms with Crippen molar-refractivity contribution in [3.63, 3.8) is 0 Å². The second-order valence-electron chi connectivity index (χ2n) is 7.76. The van der Waals surface area contributed by atoms with Crippen LogP contribution in [0.2, 0.25) is 0 Å². The average molecular weight is 407 g/mol. The zero-order valence-corrected chi connectivity index (χ0v) is 18.2.